The first kappa shape index (κ1) is 18.4. The molecule has 0 spiro atoms. The van der Waals surface area contributed by atoms with Crippen LogP contribution in [0, 0.1) is 0 Å². The van der Waals surface area contributed by atoms with Gasteiger partial charge in [-0.3, -0.25) is 4.79 Å². The number of fused-ring (bicyclic) bond motifs is 1. The summed E-state index contributed by atoms with van der Waals surface area (Å²) in [6.45, 7) is 0.997. The number of aromatic nitrogens is 3. The fourth-order valence-corrected chi connectivity index (χ4v) is 5.22. The van der Waals surface area contributed by atoms with E-state index in [1.807, 2.05) is 5.38 Å². The number of thiazole rings is 1. The van der Waals surface area contributed by atoms with Gasteiger partial charge in [0, 0.05) is 29.5 Å². The van der Waals surface area contributed by atoms with Crippen molar-refractivity contribution < 1.29 is 22.5 Å². The van der Waals surface area contributed by atoms with Crippen molar-refractivity contribution in [2.24, 2.45) is 0 Å². The van der Waals surface area contributed by atoms with Crippen LogP contribution in [0.25, 0.3) is 10.7 Å². The van der Waals surface area contributed by atoms with Crippen molar-refractivity contribution >= 4 is 40.3 Å². The number of alkyl halides is 3. The first-order valence-corrected chi connectivity index (χ1v) is 10.4. The molecule has 0 fully saturated rings. The molecule has 6 nitrogen and oxygen atoms in total. The molecule has 0 aliphatic carbocycles. The number of hydrogen-bond acceptors (Lipinski definition) is 8. The molecule has 0 N–H and O–H groups in total. The maximum atomic E-state index is 12.6. The molecule has 142 valence electrons. The lowest BCUT2D eigenvalue weighted by Gasteiger charge is -2.26. The van der Waals surface area contributed by atoms with Crippen molar-refractivity contribution in [1.29, 1.82) is 0 Å². The van der Waals surface area contributed by atoms with Crippen molar-refractivity contribution in [3.8, 4) is 10.7 Å². The van der Waals surface area contributed by atoms with Gasteiger partial charge < -0.3 is 9.42 Å². The Balaban J connectivity index is 1.44. The van der Waals surface area contributed by atoms with Gasteiger partial charge in [0.2, 0.25) is 11.7 Å². The summed E-state index contributed by atoms with van der Waals surface area (Å²) in [5, 5.41) is 5.28. The summed E-state index contributed by atoms with van der Waals surface area (Å²) in [5.74, 6) is -1.13. The predicted octanol–water partition coefficient (Wildman–Crippen LogP) is 3.95. The Morgan fingerprint density at radius 2 is 2.26 bits per heavy atom. The molecule has 1 aliphatic rings. The number of nitrogens with zero attached hydrogens (tertiary/aromatic N) is 4. The lowest BCUT2D eigenvalue weighted by atomic mass is 10.1. The van der Waals surface area contributed by atoms with Gasteiger partial charge in [0.05, 0.1) is 10.6 Å². The summed E-state index contributed by atoms with van der Waals surface area (Å²) in [6, 6.07) is 1.73. The Kier molecular flexibility index (Phi) is 4.95. The van der Waals surface area contributed by atoms with Crippen LogP contribution in [-0.4, -0.2) is 38.2 Å². The fourth-order valence-electron chi connectivity index (χ4n) is 2.59. The highest BCUT2D eigenvalue weighted by Crippen LogP contribution is 2.35. The summed E-state index contributed by atoms with van der Waals surface area (Å²) in [5.41, 5.74) is 0.909. The molecule has 0 bridgehead atoms. The van der Waals surface area contributed by atoms with Crippen LogP contribution < -0.4 is 0 Å². The van der Waals surface area contributed by atoms with E-state index >= 15 is 0 Å². The van der Waals surface area contributed by atoms with Crippen LogP contribution in [0.2, 0.25) is 0 Å². The van der Waals surface area contributed by atoms with Crippen molar-refractivity contribution in [3.05, 3.63) is 34.0 Å². The van der Waals surface area contributed by atoms with Crippen molar-refractivity contribution in [2.75, 3.05) is 12.3 Å². The molecule has 0 saturated heterocycles. The third kappa shape index (κ3) is 4.01. The van der Waals surface area contributed by atoms with E-state index in [0.717, 1.165) is 14.8 Å². The third-order valence-corrected chi connectivity index (χ3v) is 7.02. The first-order valence-electron chi connectivity index (χ1n) is 7.73. The largest absolute Gasteiger partial charge is 0.471 e. The molecule has 4 rings (SSSR count). The number of carbonyl (C=O) groups excluding carboxylic acids is 1. The normalized spacial score (nSPS) is 14.4. The fraction of sp³-hybridized carbons (Fsp3) is 0.333. The van der Waals surface area contributed by atoms with Gasteiger partial charge in [0.1, 0.15) is 4.34 Å². The standard InChI is InChI=1S/C15H11F3N4O2S3/c16-15(17,18)13-20-12(21-24-13)10-5-8-6-22(3-1-9(8)27-10)11(23)7-26-14-19-2-4-25-14/h2,4-5H,1,3,6-7H2. The number of halogens is 3. The van der Waals surface area contributed by atoms with E-state index in [2.05, 4.69) is 19.6 Å². The summed E-state index contributed by atoms with van der Waals surface area (Å²) in [6.07, 6.45) is -2.32. The molecule has 1 aliphatic heterocycles. The highest BCUT2D eigenvalue weighted by atomic mass is 32.2. The van der Waals surface area contributed by atoms with E-state index in [4.69, 9.17) is 0 Å². The molecule has 1 amide bonds. The Hall–Kier alpha value is -1.92. The molecule has 0 aromatic carbocycles. The second-order valence-corrected chi connectivity index (χ2v) is 8.89. The zero-order valence-corrected chi connectivity index (χ0v) is 16.0. The number of carbonyl (C=O) groups is 1. The lowest BCUT2D eigenvalue weighted by molar-refractivity contribution is -0.159. The minimum absolute atomic E-state index is 0.00696. The van der Waals surface area contributed by atoms with Crippen LogP contribution >= 0.6 is 34.4 Å². The summed E-state index contributed by atoms with van der Waals surface area (Å²) >= 11 is 4.22. The smallest absolute Gasteiger partial charge is 0.337 e. The third-order valence-electron chi connectivity index (χ3n) is 3.84. The molecule has 27 heavy (non-hydrogen) atoms. The summed E-state index contributed by atoms with van der Waals surface area (Å²) in [4.78, 5) is 23.3. The molecular formula is C15H11F3N4O2S3. The Bertz CT molecular complexity index is 952. The van der Waals surface area contributed by atoms with Gasteiger partial charge in [-0.1, -0.05) is 16.9 Å². The van der Waals surface area contributed by atoms with Gasteiger partial charge in [0.25, 0.3) is 0 Å². The molecule has 4 heterocycles. The zero-order valence-electron chi connectivity index (χ0n) is 13.5. The molecule has 12 heteroatoms. The maximum Gasteiger partial charge on any atom is 0.471 e. The minimum Gasteiger partial charge on any atom is -0.337 e. The second-order valence-electron chi connectivity index (χ2n) is 5.63. The topological polar surface area (TPSA) is 72.1 Å². The highest BCUT2D eigenvalue weighted by Gasteiger charge is 2.38. The lowest BCUT2D eigenvalue weighted by Crippen LogP contribution is -2.36. The number of thiophene rings is 1. The van der Waals surface area contributed by atoms with E-state index in [1.54, 1.807) is 17.2 Å². The van der Waals surface area contributed by atoms with Crippen molar-refractivity contribution in [2.45, 2.75) is 23.5 Å². The average Bonchev–Trinajstić information content (AvgIpc) is 3.38. The van der Waals surface area contributed by atoms with Crippen LogP contribution in [0.15, 0.2) is 26.5 Å². The van der Waals surface area contributed by atoms with E-state index in [-0.39, 0.29) is 11.7 Å². The molecule has 0 atom stereocenters. The second kappa shape index (κ2) is 7.24. The molecule has 0 saturated carbocycles. The van der Waals surface area contributed by atoms with Gasteiger partial charge >= 0.3 is 12.1 Å². The predicted molar refractivity (Wildman–Crippen MR) is 94.6 cm³/mol. The van der Waals surface area contributed by atoms with Gasteiger partial charge in [0.15, 0.2) is 0 Å². The van der Waals surface area contributed by atoms with Crippen molar-refractivity contribution in [3.63, 3.8) is 0 Å². The number of rotatable bonds is 4. The highest BCUT2D eigenvalue weighted by molar-refractivity contribution is 8.01. The van der Waals surface area contributed by atoms with Gasteiger partial charge in [-0.25, -0.2) is 4.98 Å². The molecule has 0 radical (unpaired) electrons. The number of hydrogen-bond donors (Lipinski definition) is 0. The molecule has 0 unspecified atom stereocenters. The monoisotopic (exact) mass is 432 g/mol. The van der Waals surface area contributed by atoms with Gasteiger partial charge in [-0.05, 0) is 18.1 Å². The molecule has 3 aromatic heterocycles. The van der Waals surface area contributed by atoms with Crippen molar-refractivity contribution in [1.82, 2.24) is 20.0 Å². The number of amides is 1. The van der Waals surface area contributed by atoms with Crippen LogP contribution in [-0.2, 0) is 23.9 Å². The van der Waals surface area contributed by atoms with Crippen LogP contribution in [0.1, 0.15) is 16.3 Å². The average molecular weight is 432 g/mol. The van der Waals surface area contributed by atoms with Crippen LogP contribution in [0.4, 0.5) is 13.2 Å². The Morgan fingerprint density at radius 1 is 1.41 bits per heavy atom. The Labute approximate surface area is 163 Å². The van der Waals surface area contributed by atoms with E-state index in [0.29, 0.717) is 30.1 Å². The quantitative estimate of drug-likeness (QED) is 0.582. The SMILES string of the molecule is O=C(CSc1nccs1)N1CCc2sc(-c3noc(C(F)(F)F)n3)cc2C1. The van der Waals surface area contributed by atoms with E-state index in [1.165, 1.54) is 34.4 Å². The Morgan fingerprint density at radius 3 is 2.96 bits per heavy atom. The maximum absolute atomic E-state index is 12.6. The van der Waals surface area contributed by atoms with E-state index in [9.17, 15) is 18.0 Å². The van der Waals surface area contributed by atoms with Gasteiger partial charge in [-0.15, -0.1) is 22.7 Å². The van der Waals surface area contributed by atoms with Crippen LogP contribution in [0.5, 0.6) is 0 Å². The number of thioether (sulfide) groups is 1. The molecular weight excluding hydrogens is 421 g/mol. The van der Waals surface area contributed by atoms with Crippen LogP contribution in [0.3, 0.4) is 0 Å². The minimum atomic E-state index is -4.67. The molecule has 3 aromatic rings. The van der Waals surface area contributed by atoms with Gasteiger partial charge in [-0.2, -0.15) is 18.2 Å². The van der Waals surface area contributed by atoms with E-state index < -0.39 is 12.1 Å². The first-order chi connectivity index (χ1) is 12.9. The summed E-state index contributed by atoms with van der Waals surface area (Å²) in [7, 11) is 0. The zero-order chi connectivity index (χ0) is 19.0. The summed E-state index contributed by atoms with van der Waals surface area (Å²) < 4.78 is 43.0.